The van der Waals surface area contributed by atoms with E-state index in [1.807, 2.05) is 67.6 Å². The molecule has 3 nitrogen and oxygen atoms in total. The maximum Gasteiger partial charge on any atom is 0.260 e. The third-order valence-electron chi connectivity index (χ3n) is 4.81. The molecule has 0 N–H and O–H groups in total. The molecule has 0 spiro atoms. The lowest BCUT2D eigenvalue weighted by atomic mass is 10.1. The fourth-order valence-electron chi connectivity index (χ4n) is 3.14. The highest BCUT2D eigenvalue weighted by Crippen LogP contribution is 2.31. The smallest absolute Gasteiger partial charge is 0.260 e. The molecule has 0 aliphatic carbocycles. The van der Waals surface area contributed by atoms with Crippen LogP contribution in [-0.2, 0) is 13.0 Å². The number of aromatic nitrogens is 1. The Morgan fingerprint density at radius 3 is 2.43 bits per heavy atom. The minimum absolute atomic E-state index is 0.0291. The molecule has 0 aliphatic heterocycles. The number of amides is 1. The van der Waals surface area contributed by atoms with Crippen LogP contribution in [-0.4, -0.2) is 10.9 Å². The van der Waals surface area contributed by atoms with Crippen LogP contribution in [0, 0.1) is 6.92 Å². The molecule has 0 aliphatic rings. The van der Waals surface area contributed by atoms with Crippen LogP contribution < -0.4 is 4.90 Å². The zero-order valence-electron chi connectivity index (χ0n) is 16.1. The van der Waals surface area contributed by atoms with E-state index in [4.69, 9.17) is 4.98 Å². The van der Waals surface area contributed by atoms with E-state index in [0.717, 1.165) is 32.9 Å². The molecule has 4 heteroatoms. The van der Waals surface area contributed by atoms with E-state index in [1.54, 1.807) is 16.2 Å². The van der Waals surface area contributed by atoms with Crippen molar-refractivity contribution >= 4 is 32.6 Å². The van der Waals surface area contributed by atoms with Crippen LogP contribution in [0.2, 0.25) is 0 Å². The number of fused-ring (bicyclic) bond motifs is 1. The van der Waals surface area contributed by atoms with Crippen molar-refractivity contribution in [2.24, 2.45) is 0 Å². The largest absolute Gasteiger partial charge is 0.279 e. The van der Waals surface area contributed by atoms with Gasteiger partial charge in [-0.1, -0.05) is 72.4 Å². The second-order valence-corrected chi connectivity index (χ2v) is 7.90. The maximum absolute atomic E-state index is 13.4. The molecule has 4 aromatic rings. The van der Waals surface area contributed by atoms with Gasteiger partial charge in [-0.25, -0.2) is 4.98 Å². The minimum Gasteiger partial charge on any atom is -0.279 e. The first-order valence-electron chi connectivity index (χ1n) is 9.46. The second kappa shape index (κ2) is 7.95. The fourth-order valence-corrected chi connectivity index (χ4v) is 4.16. The molecule has 28 heavy (non-hydrogen) atoms. The summed E-state index contributed by atoms with van der Waals surface area (Å²) in [7, 11) is 0. The van der Waals surface area contributed by atoms with E-state index >= 15 is 0 Å². The number of carbonyl (C=O) groups excluding carboxylic acids is 1. The highest BCUT2D eigenvalue weighted by Gasteiger charge is 2.21. The Bertz CT molecular complexity index is 1100. The Morgan fingerprint density at radius 1 is 0.964 bits per heavy atom. The van der Waals surface area contributed by atoms with E-state index in [1.165, 1.54) is 5.56 Å². The first-order valence-corrected chi connectivity index (χ1v) is 10.3. The lowest BCUT2D eigenvalue weighted by Crippen LogP contribution is -2.30. The second-order valence-electron chi connectivity index (χ2n) is 6.89. The lowest BCUT2D eigenvalue weighted by Gasteiger charge is -2.20. The van der Waals surface area contributed by atoms with Crippen molar-refractivity contribution in [3.8, 4) is 0 Å². The average Bonchev–Trinajstić information content (AvgIpc) is 3.15. The van der Waals surface area contributed by atoms with Crippen molar-refractivity contribution in [2.75, 3.05) is 4.90 Å². The van der Waals surface area contributed by atoms with Crippen LogP contribution >= 0.6 is 11.3 Å². The molecule has 0 bridgehead atoms. The molecule has 1 amide bonds. The predicted molar refractivity (Wildman–Crippen MR) is 117 cm³/mol. The fraction of sp³-hybridized carbons (Fsp3) is 0.167. The van der Waals surface area contributed by atoms with Gasteiger partial charge >= 0.3 is 0 Å². The number of hydrogen-bond acceptors (Lipinski definition) is 3. The number of aryl methyl sites for hydroxylation is 2. The highest BCUT2D eigenvalue weighted by atomic mass is 32.1. The minimum atomic E-state index is -0.0291. The van der Waals surface area contributed by atoms with E-state index in [2.05, 4.69) is 19.1 Å². The normalized spacial score (nSPS) is 10.9. The predicted octanol–water partition coefficient (Wildman–Crippen LogP) is 6.01. The highest BCUT2D eigenvalue weighted by molar-refractivity contribution is 7.22. The van der Waals surface area contributed by atoms with Crippen molar-refractivity contribution in [1.29, 1.82) is 0 Å². The van der Waals surface area contributed by atoms with E-state index in [0.29, 0.717) is 12.1 Å². The monoisotopic (exact) mass is 386 g/mol. The van der Waals surface area contributed by atoms with Gasteiger partial charge in [0.2, 0.25) is 0 Å². The molecular formula is C24H22N2OS. The van der Waals surface area contributed by atoms with Crippen LogP contribution in [0.15, 0.2) is 72.8 Å². The van der Waals surface area contributed by atoms with Gasteiger partial charge in [-0.2, -0.15) is 0 Å². The van der Waals surface area contributed by atoms with Crippen molar-refractivity contribution < 1.29 is 4.79 Å². The number of hydrogen-bond donors (Lipinski definition) is 0. The van der Waals surface area contributed by atoms with Gasteiger partial charge in [0.05, 0.1) is 16.8 Å². The Balaban J connectivity index is 1.75. The van der Waals surface area contributed by atoms with Crippen LogP contribution in [0.25, 0.3) is 10.2 Å². The number of nitrogens with zero attached hydrogens (tertiary/aromatic N) is 2. The molecule has 0 radical (unpaired) electrons. The SMILES string of the molecule is CCc1ccc2nc(N(Cc3ccccc3)C(=O)c3ccc(C)cc3)sc2c1. The average molecular weight is 387 g/mol. The zero-order valence-corrected chi connectivity index (χ0v) is 16.9. The molecule has 0 atom stereocenters. The molecule has 0 unspecified atom stereocenters. The summed E-state index contributed by atoms with van der Waals surface area (Å²) in [6.07, 6.45) is 0.985. The zero-order chi connectivity index (χ0) is 19.5. The van der Waals surface area contributed by atoms with Crippen LogP contribution in [0.5, 0.6) is 0 Å². The summed E-state index contributed by atoms with van der Waals surface area (Å²) in [5.74, 6) is -0.0291. The number of rotatable bonds is 5. The molecule has 0 saturated heterocycles. The van der Waals surface area contributed by atoms with Crippen LogP contribution in [0.3, 0.4) is 0 Å². The van der Waals surface area contributed by atoms with E-state index < -0.39 is 0 Å². The standard InChI is InChI=1S/C24H22N2OS/c1-3-18-11-14-21-22(15-18)28-24(25-21)26(16-19-7-5-4-6-8-19)23(27)20-12-9-17(2)10-13-20/h4-15H,3,16H2,1-2H3. The third kappa shape index (κ3) is 3.82. The number of benzene rings is 3. The topological polar surface area (TPSA) is 33.2 Å². The summed E-state index contributed by atoms with van der Waals surface area (Å²) in [6, 6.07) is 24.1. The van der Waals surface area contributed by atoms with E-state index in [9.17, 15) is 4.79 Å². The summed E-state index contributed by atoms with van der Waals surface area (Å²) < 4.78 is 1.11. The van der Waals surface area contributed by atoms with Crippen LogP contribution in [0.4, 0.5) is 5.13 Å². The Labute approximate surface area is 169 Å². The van der Waals surface area contributed by atoms with Gasteiger partial charge in [0, 0.05) is 5.56 Å². The molecular weight excluding hydrogens is 364 g/mol. The number of anilines is 1. The Morgan fingerprint density at radius 2 is 1.71 bits per heavy atom. The maximum atomic E-state index is 13.4. The van der Waals surface area contributed by atoms with Crippen molar-refractivity contribution in [1.82, 2.24) is 4.98 Å². The summed E-state index contributed by atoms with van der Waals surface area (Å²) in [5.41, 5.74) is 5.11. The van der Waals surface area contributed by atoms with Crippen LogP contribution in [0.1, 0.15) is 34.0 Å². The van der Waals surface area contributed by atoms with Gasteiger partial charge in [0.1, 0.15) is 0 Å². The quantitative estimate of drug-likeness (QED) is 0.420. The summed E-state index contributed by atoms with van der Waals surface area (Å²) in [5, 5.41) is 0.734. The van der Waals surface area contributed by atoms with E-state index in [-0.39, 0.29) is 5.91 Å². The lowest BCUT2D eigenvalue weighted by molar-refractivity contribution is 0.0985. The number of carbonyl (C=O) groups is 1. The third-order valence-corrected chi connectivity index (χ3v) is 5.85. The first kappa shape index (κ1) is 18.4. The van der Waals surface area contributed by atoms with Crippen molar-refractivity contribution in [2.45, 2.75) is 26.8 Å². The Hall–Kier alpha value is -2.98. The molecule has 1 aromatic heterocycles. The molecule has 4 rings (SSSR count). The summed E-state index contributed by atoms with van der Waals surface area (Å²) in [6.45, 7) is 4.66. The summed E-state index contributed by atoms with van der Waals surface area (Å²) >= 11 is 1.57. The molecule has 0 saturated carbocycles. The molecule has 1 heterocycles. The van der Waals surface area contributed by atoms with Gasteiger partial charge in [-0.15, -0.1) is 0 Å². The van der Waals surface area contributed by atoms with Gasteiger partial charge in [-0.3, -0.25) is 9.69 Å². The van der Waals surface area contributed by atoms with Gasteiger partial charge in [-0.05, 0) is 48.7 Å². The Kier molecular flexibility index (Phi) is 5.22. The van der Waals surface area contributed by atoms with Crippen molar-refractivity contribution in [3.63, 3.8) is 0 Å². The molecule has 140 valence electrons. The van der Waals surface area contributed by atoms with Crippen molar-refractivity contribution in [3.05, 3.63) is 95.1 Å². The van der Waals surface area contributed by atoms with Gasteiger partial charge in [0.25, 0.3) is 5.91 Å². The van der Waals surface area contributed by atoms with Gasteiger partial charge in [0.15, 0.2) is 5.13 Å². The molecule has 0 fully saturated rings. The summed E-state index contributed by atoms with van der Waals surface area (Å²) in [4.78, 5) is 19.9. The first-order chi connectivity index (χ1) is 13.6. The van der Waals surface area contributed by atoms with Gasteiger partial charge < -0.3 is 0 Å². The molecule has 3 aromatic carbocycles. The number of thiazole rings is 1.